The van der Waals surface area contributed by atoms with Gasteiger partial charge in [0.25, 0.3) is 8.32 Å². The van der Waals surface area contributed by atoms with Crippen molar-refractivity contribution in [2.24, 2.45) is 11.5 Å². The molecule has 4 aromatic carbocycles. The number of nitrogens with zero attached hydrogens (tertiary/aromatic N) is 2. The van der Waals surface area contributed by atoms with E-state index in [0.29, 0.717) is 26.0 Å². The number of esters is 2. The van der Waals surface area contributed by atoms with Crippen LogP contribution in [0.1, 0.15) is 63.3 Å². The minimum Gasteiger partial charge on any atom is -0.467 e. The second-order valence-electron chi connectivity index (χ2n) is 22.0. The molecule has 11 N–H and O–H groups in total. The molecule has 2 aliphatic heterocycles. The van der Waals surface area contributed by atoms with Gasteiger partial charge in [-0.2, -0.15) is 0 Å². The number of hydrogen-bond donors (Lipinski definition) is 9. The van der Waals surface area contributed by atoms with Crippen LogP contribution in [-0.2, 0) is 92.6 Å². The Kier molecular flexibility index (Phi) is 22.9. The molecule has 9 amide bonds. The summed E-state index contributed by atoms with van der Waals surface area (Å²) < 4.78 is 25.0. The van der Waals surface area contributed by atoms with E-state index in [2.05, 4.69) is 58.1 Å². The van der Waals surface area contributed by atoms with Gasteiger partial charge in [0.2, 0.25) is 47.3 Å². The van der Waals surface area contributed by atoms with Gasteiger partial charge in [0.15, 0.2) is 6.10 Å². The Morgan fingerprint density at radius 2 is 1.38 bits per heavy atom. The van der Waals surface area contributed by atoms with Crippen molar-refractivity contribution in [3.63, 3.8) is 0 Å². The number of primary amides is 2. The van der Waals surface area contributed by atoms with Gasteiger partial charge in [-0.3, -0.25) is 38.4 Å². The lowest BCUT2D eigenvalue weighted by Crippen LogP contribution is -2.72. The van der Waals surface area contributed by atoms with Gasteiger partial charge in [-0.15, -0.1) is 0 Å². The predicted octanol–water partition coefficient (Wildman–Crippen LogP) is -0.146. The summed E-state index contributed by atoms with van der Waals surface area (Å²) in [6, 6.07) is 23.2. The molecule has 8 atom stereocenters. The van der Waals surface area contributed by atoms with Crippen molar-refractivity contribution in [1.29, 1.82) is 0 Å². The fraction of sp³-hybridized carbons (Fsp3) is 0.367. The van der Waals surface area contributed by atoms with E-state index >= 15 is 9.59 Å². The first kappa shape index (κ1) is 66.2. The third-order valence-electron chi connectivity index (χ3n) is 14.5. The minimum absolute atomic E-state index is 0.130. The van der Waals surface area contributed by atoms with Crippen molar-refractivity contribution in [2.45, 2.75) is 126 Å². The second-order valence-corrected chi connectivity index (χ2v) is 27.2. The monoisotopic (exact) mass is 1290 g/mol. The molecule has 28 heteroatoms. The van der Waals surface area contributed by atoms with Gasteiger partial charge < -0.3 is 71.9 Å². The average Bonchev–Trinajstić information content (AvgIpc) is 1.73. The van der Waals surface area contributed by atoms with Gasteiger partial charge in [0, 0.05) is 42.9 Å². The van der Waals surface area contributed by atoms with Gasteiger partial charge in [-0.25, -0.2) is 19.4 Å². The summed E-state index contributed by atoms with van der Waals surface area (Å²) in [6.45, 7) is 4.57. The van der Waals surface area contributed by atoms with Crippen molar-refractivity contribution >= 4 is 99.9 Å². The van der Waals surface area contributed by atoms with Crippen molar-refractivity contribution in [3.05, 3.63) is 149 Å². The molecule has 0 spiro atoms. The highest BCUT2D eigenvalue weighted by Crippen LogP contribution is 2.38. The number of imidazole rings is 1. The summed E-state index contributed by atoms with van der Waals surface area (Å²) in [5, 5.41) is 18.2. The molecule has 88 heavy (non-hydrogen) atoms. The van der Waals surface area contributed by atoms with Crippen LogP contribution >= 0.6 is 15.9 Å². The van der Waals surface area contributed by atoms with Gasteiger partial charge in [0.1, 0.15) is 49.0 Å². The normalized spacial score (nSPS) is 21.6. The number of carbonyl (C=O) groups is 11. The average molecular weight is 1290 g/mol. The number of carbonyl (C=O) groups excluding carboxylic acids is 11. The van der Waals surface area contributed by atoms with Crippen LogP contribution < -0.4 is 59.1 Å². The fourth-order valence-electron chi connectivity index (χ4n) is 10.2. The fourth-order valence-corrected chi connectivity index (χ4v) is 15.1. The summed E-state index contributed by atoms with van der Waals surface area (Å²) in [5.74, 6) is -10.0. The van der Waals surface area contributed by atoms with Crippen molar-refractivity contribution in [3.8, 4) is 0 Å². The smallest absolute Gasteiger partial charge is 0.408 e. The highest BCUT2D eigenvalue weighted by molar-refractivity contribution is 9.10. The topological polar surface area (TPSA) is 379 Å². The minimum atomic E-state index is -3.93. The molecule has 466 valence electrons. The van der Waals surface area contributed by atoms with Crippen LogP contribution in [0.5, 0.6) is 0 Å². The van der Waals surface area contributed by atoms with E-state index in [9.17, 15) is 43.2 Å². The molecule has 0 unspecified atom stereocenters. The van der Waals surface area contributed by atoms with Crippen LogP contribution in [0.2, 0.25) is 5.04 Å². The van der Waals surface area contributed by atoms with E-state index in [0.717, 1.165) is 7.11 Å². The van der Waals surface area contributed by atoms with Crippen LogP contribution in [0, 0.1) is 0 Å². The van der Waals surface area contributed by atoms with Crippen LogP contribution in [-0.4, -0.2) is 145 Å². The number of amides is 9. The van der Waals surface area contributed by atoms with E-state index in [1.54, 1.807) is 115 Å². The number of ether oxygens (including phenoxy) is 3. The third kappa shape index (κ3) is 17.9. The summed E-state index contributed by atoms with van der Waals surface area (Å²) in [6.07, 6.45) is -4.00. The summed E-state index contributed by atoms with van der Waals surface area (Å²) in [4.78, 5) is 158. The Morgan fingerprint density at radius 3 is 1.98 bits per heavy atom. The standard InChI is InChI=1S/C60H70BrN11O15Si/c1-60(2,3)88(40-16-10-6-11-17-40,41-18-12-7-13-19-41)87-51(52(63)76)50-56(80)69-42(26-35-20-22-37(61)23-21-35)53(77)64-25-24-48(74)66-45-28-39(86-58(45)82)29-49(75)67-44(57(81)84-4)27-38-31-72(34-65-38)32-46(55(79)68-43(30-47(62)73)54(78)71-50)70-59(83)85-33-36-14-8-5-9-15-36/h5-23,31,34,39,42-46,50-51H,24-30,32-33H2,1-4H3,(H2,62,73)(H2,63,76)(H,64,77)(H,66,74)(H,67,75)(H,68,79)(H,69,80)(H,70,83)(H,71,78)/t39-,42+,43+,44+,45+,46-,50+,51-/m1/s1. The lowest BCUT2D eigenvalue weighted by atomic mass is 10.0. The Hall–Kier alpha value is -9.28. The molecule has 1 aromatic heterocycles. The number of benzene rings is 4. The van der Waals surface area contributed by atoms with Gasteiger partial charge >= 0.3 is 18.0 Å². The first-order chi connectivity index (χ1) is 41.9. The molecule has 1 fully saturated rings. The molecule has 2 aliphatic rings. The number of fused-ring (bicyclic) bond motifs is 4. The number of aromatic nitrogens is 2. The number of alkyl carbamates (subject to hydrolysis) is 1. The zero-order chi connectivity index (χ0) is 63.7. The SMILES string of the molecule is COC(=O)[C@@H]1Cc2cn(cn2)C[C@@H](NC(=O)OCc2ccccc2)C(=O)N[C@@H](CC(N)=O)C(=O)N[C@@H]([C@@H](O[Si](c2ccccc2)(c2ccccc2)C(C)(C)C)C(N)=O)C(=O)N[C@@H](Cc2ccc(Br)cc2)C(=O)NCCC(=O)N[C@H]2C[C@H](CC(=O)N1)OC2=O. The quantitative estimate of drug-likeness (QED) is 0.0397. The van der Waals surface area contributed by atoms with Crippen molar-refractivity contribution < 1.29 is 71.4 Å². The Bertz CT molecular complexity index is 3300. The van der Waals surface area contributed by atoms with Crippen molar-refractivity contribution in [2.75, 3.05) is 13.7 Å². The summed E-state index contributed by atoms with van der Waals surface area (Å²) in [5.41, 5.74) is 13.3. The summed E-state index contributed by atoms with van der Waals surface area (Å²) >= 11 is 3.40. The Balaban J connectivity index is 1.32. The van der Waals surface area contributed by atoms with E-state index in [-0.39, 0.29) is 38.1 Å². The molecule has 0 saturated carbocycles. The Morgan fingerprint density at radius 1 is 0.750 bits per heavy atom. The largest absolute Gasteiger partial charge is 0.467 e. The molecule has 4 bridgehead atoms. The van der Waals surface area contributed by atoms with E-state index < -0.39 is 153 Å². The zero-order valence-corrected chi connectivity index (χ0v) is 51.2. The lowest BCUT2D eigenvalue weighted by Gasteiger charge is -2.45. The molecule has 0 radical (unpaired) electrons. The zero-order valence-electron chi connectivity index (χ0n) is 48.7. The maximum absolute atomic E-state index is 15.5. The van der Waals surface area contributed by atoms with E-state index in [4.69, 9.17) is 30.1 Å². The molecular weight excluding hydrogens is 1220 g/mol. The Labute approximate surface area is 515 Å². The first-order valence-corrected chi connectivity index (χ1v) is 30.8. The number of methoxy groups -OCH3 is 1. The number of halogens is 1. The van der Waals surface area contributed by atoms with Crippen molar-refractivity contribution in [1.82, 2.24) is 46.8 Å². The van der Waals surface area contributed by atoms with Gasteiger partial charge in [-0.05, 0) is 38.7 Å². The predicted molar refractivity (Wildman–Crippen MR) is 321 cm³/mol. The number of nitrogens with one attached hydrogen (secondary N) is 7. The number of hydrogen-bond acceptors (Lipinski definition) is 16. The van der Waals surface area contributed by atoms with Crippen LogP contribution in [0.4, 0.5) is 4.79 Å². The maximum Gasteiger partial charge on any atom is 0.408 e. The lowest BCUT2D eigenvalue weighted by molar-refractivity contribution is -0.147. The molecule has 0 aliphatic carbocycles. The van der Waals surface area contributed by atoms with Gasteiger partial charge in [0.05, 0.1) is 38.5 Å². The van der Waals surface area contributed by atoms with Gasteiger partial charge in [-0.1, -0.05) is 140 Å². The highest BCUT2D eigenvalue weighted by Gasteiger charge is 2.54. The maximum atomic E-state index is 15.5. The molecule has 7 rings (SSSR count). The van der Waals surface area contributed by atoms with Crippen LogP contribution in [0.15, 0.2) is 132 Å². The van der Waals surface area contributed by atoms with E-state index in [1.807, 2.05) is 20.8 Å². The first-order valence-electron chi connectivity index (χ1n) is 28.1. The number of rotatable bonds is 14. The molecule has 1 saturated heterocycles. The third-order valence-corrected chi connectivity index (χ3v) is 20.1. The molecule has 5 aromatic rings. The molecule has 26 nitrogen and oxygen atoms in total. The number of nitrogens with two attached hydrogens (primary N) is 2. The van der Waals surface area contributed by atoms with E-state index in [1.165, 1.54) is 17.1 Å². The summed E-state index contributed by atoms with van der Waals surface area (Å²) in [7, 11) is -2.84. The molecule has 3 heterocycles. The highest BCUT2D eigenvalue weighted by atomic mass is 79.9. The van der Waals surface area contributed by atoms with Crippen LogP contribution in [0.25, 0.3) is 0 Å². The molecular formula is C60H70BrN11O15Si. The van der Waals surface area contributed by atoms with Crippen LogP contribution in [0.3, 0.4) is 0 Å². The second kappa shape index (κ2) is 30.4.